The van der Waals surface area contributed by atoms with Gasteiger partial charge in [-0.05, 0) is 64.0 Å². The number of guanidine groups is 1. The Hall–Kier alpha value is -1.75. The van der Waals surface area contributed by atoms with Crippen LogP contribution in [0.25, 0.3) is 0 Å². The fraction of sp³-hybridized carbons (Fsp3) is 0.682. The van der Waals surface area contributed by atoms with E-state index in [4.69, 9.17) is 9.73 Å². The van der Waals surface area contributed by atoms with Crippen molar-refractivity contribution in [2.24, 2.45) is 4.99 Å². The molecular weight excluding hydrogens is 336 g/mol. The maximum absolute atomic E-state index is 5.58. The molecule has 0 aromatic heterocycles. The highest BCUT2D eigenvalue weighted by molar-refractivity contribution is 5.79. The van der Waals surface area contributed by atoms with E-state index in [1.165, 1.54) is 49.8 Å². The van der Waals surface area contributed by atoms with E-state index in [0.717, 1.165) is 50.8 Å². The molecule has 0 radical (unpaired) electrons. The van der Waals surface area contributed by atoms with Gasteiger partial charge in [-0.1, -0.05) is 31.4 Å². The first-order chi connectivity index (χ1) is 13.2. The molecule has 5 nitrogen and oxygen atoms in total. The predicted molar refractivity (Wildman–Crippen MR) is 115 cm³/mol. The maximum atomic E-state index is 5.58. The van der Waals surface area contributed by atoms with Gasteiger partial charge in [-0.2, -0.15) is 0 Å². The molecule has 1 heterocycles. The van der Waals surface area contributed by atoms with Crippen molar-refractivity contribution in [1.82, 2.24) is 15.5 Å². The van der Waals surface area contributed by atoms with Crippen molar-refractivity contribution in [3.8, 4) is 5.75 Å². The fourth-order valence-corrected chi connectivity index (χ4v) is 3.32. The van der Waals surface area contributed by atoms with Gasteiger partial charge in [-0.15, -0.1) is 0 Å². The summed E-state index contributed by atoms with van der Waals surface area (Å²) < 4.78 is 5.58. The standard InChI is InChI=1S/C22H38N4O/c1-4-23-22(24-14-8-6-5-7-9-16-26(2)3)25-15-12-19-10-11-21-20(18-19)13-17-27-21/h10-11,18H,4-9,12-17H2,1-3H3,(H2,23,24,25). The monoisotopic (exact) mass is 374 g/mol. The zero-order chi connectivity index (χ0) is 19.3. The molecule has 0 aliphatic carbocycles. The zero-order valence-corrected chi connectivity index (χ0v) is 17.5. The Morgan fingerprint density at radius 3 is 2.74 bits per heavy atom. The van der Waals surface area contributed by atoms with Crippen LogP contribution >= 0.6 is 0 Å². The molecule has 0 amide bonds. The molecular formula is C22H38N4O. The summed E-state index contributed by atoms with van der Waals surface area (Å²) in [5, 5.41) is 6.81. The molecule has 0 saturated carbocycles. The Labute approximate surface area is 165 Å². The second-order valence-corrected chi connectivity index (χ2v) is 7.55. The second kappa shape index (κ2) is 12.6. The van der Waals surface area contributed by atoms with Gasteiger partial charge in [0.25, 0.3) is 0 Å². The minimum atomic E-state index is 0.823. The number of nitrogens with one attached hydrogen (secondary N) is 2. The SMILES string of the molecule is CCNC(=NCCCCCCCN(C)C)NCCc1ccc2c(c1)CCO2. The van der Waals surface area contributed by atoms with Gasteiger partial charge in [-0.25, -0.2) is 0 Å². The molecule has 0 spiro atoms. The highest BCUT2D eigenvalue weighted by Gasteiger charge is 2.11. The largest absolute Gasteiger partial charge is 0.493 e. The van der Waals surface area contributed by atoms with Gasteiger partial charge < -0.3 is 20.3 Å². The molecule has 0 saturated heterocycles. The van der Waals surface area contributed by atoms with Crippen molar-refractivity contribution in [2.45, 2.75) is 51.9 Å². The van der Waals surface area contributed by atoms with E-state index in [9.17, 15) is 0 Å². The van der Waals surface area contributed by atoms with Gasteiger partial charge in [0, 0.05) is 26.1 Å². The van der Waals surface area contributed by atoms with Crippen molar-refractivity contribution in [1.29, 1.82) is 0 Å². The molecule has 2 rings (SSSR count). The minimum absolute atomic E-state index is 0.823. The number of rotatable bonds is 12. The number of aliphatic imine (C=N–C) groups is 1. The average molecular weight is 375 g/mol. The van der Waals surface area contributed by atoms with E-state index in [0.29, 0.717) is 0 Å². The quantitative estimate of drug-likeness (QED) is 0.335. The van der Waals surface area contributed by atoms with Crippen LogP contribution < -0.4 is 15.4 Å². The van der Waals surface area contributed by atoms with Crippen LogP contribution in [-0.4, -0.2) is 57.7 Å². The minimum Gasteiger partial charge on any atom is -0.493 e. The topological polar surface area (TPSA) is 48.9 Å². The van der Waals surface area contributed by atoms with Crippen LogP contribution in [-0.2, 0) is 12.8 Å². The number of hydrogen-bond donors (Lipinski definition) is 2. The molecule has 0 atom stereocenters. The lowest BCUT2D eigenvalue weighted by Crippen LogP contribution is -2.38. The van der Waals surface area contributed by atoms with E-state index in [1.807, 2.05) is 0 Å². The molecule has 5 heteroatoms. The number of fused-ring (bicyclic) bond motifs is 1. The number of ether oxygens (including phenoxy) is 1. The highest BCUT2D eigenvalue weighted by atomic mass is 16.5. The van der Waals surface area contributed by atoms with E-state index in [-0.39, 0.29) is 0 Å². The Kier molecular flexibility index (Phi) is 10.1. The molecule has 1 aromatic carbocycles. The van der Waals surface area contributed by atoms with Gasteiger partial charge in [0.1, 0.15) is 5.75 Å². The summed E-state index contributed by atoms with van der Waals surface area (Å²) in [6.07, 6.45) is 8.42. The van der Waals surface area contributed by atoms with Crippen LogP contribution in [0, 0.1) is 0 Å². The summed E-state index contributed by atoms with van der Waals surface area (Å²) in [6, 6.07) is 6.56. The normalized spacial score (nSPS) is 13.6. The van der Waals surface area contributed by atoms with E-state index >= 15 is 0 Å². The van der Waals surface area contributed by atoms with Crippen LogP contribution in [0.5, 0.6) is 5.75 Å². The summed E-state index contributed by atoms with van der Waals surface area (Å²) in [5.41, 5.74) is 2.71. The Morgan fingerprint density at radius 2 is 1.93 bits per heavy atom. The maximum Gasteiger partial charge on any atom is 0.191 e. The molecule has 27 heavy (non-hydrogen) atoms. The van der Waals surface area contributed by atoms with Crippen LogP contribution in [0.1, 0.15) is 50.2 Å². The van der Waals surface area contributed by atoms with E-state index in [2.05, 4.69) is 54.8 Å². The van der Waals surface area contributed by atoms with Gasteiger partial charge in [0.15, 0.2) is 5.96 Å². The molecule has 152 valence electrons. The molecule has 0 bridgehead atoms. The summed E-state index contributed by atoms with van der Waals surface area (Å²) >= 11 is 0. The second-order valence-electron chi connectivity index (χ2n) is 7.55. The number of nitrogens with zero attached hydrogens (tertiary/aromatic N) is 2. The first-order valence-corrected chi connectivity index (χ1v) is 10.6. The first-order valence-electron chi connectivity index (χ1n) is 10.6. The summed E-state index contributed by atoms with van der Waals surface area (Å²) in [4.78, 5) is 6.97. The zero-order valence-electron chi connectivity index (χ0n) is 17.5. The molecule has 0 unspecified atom stereocenters. The van der Waals surface area contributed by atoms with Crippen molar-refractivity contribution >= 4 is 5.96 Å². The van der Waals surface area contributed by atoms with Crippen molar-refractivity contribution in [3.05, 3.63) is 29.3 Å². The van der Waals surface area contributed by atoms with E-state index < -0.39 is 0 Å². The Bertz CT molecular complexity index is 571. The van der Waals surface area contributed by atoms with Crippen molar-refractivity contribution in [2.75, 3.05) is 46.9 Å². The molecule has 1 aliphatic heterocycles. The van der Waals surface area contributed by atoms with Gasteiger partial charge >= 0.3 is 0 Å². The fourth-order valence-electron chi connectivity index (χ4n) is 3.32. The molecule has 2 N–H and O–H groups in total. The Balaban J connectivity index is 1.61. The Morgan fingerprint density at radius 1 is 1.11 bits per heavy atom. The number of unbranched alkanes of at least 4 members (excludes halogenated alkanes) is 4. The van der Waals surface area contributed by atoms with E-state index in [1.54, 1.807) is 0 Å². The number of benzene rings is 1. The van der Waals surface area contributed by atoms with Crippen LogP contribution in [0.15, 0.2) is 23.2 Å². The lowest BCUT2D eigenvalue weighted by molar-refractivity contribution is 0.357. The molecule has 0 fully saturated rings. The average Bonchev–Trinajstić information content (AvgIpc) is 3.11. The summed E-state index contributed by atoms with van der Waals surface area (Å²) in [7, 11) is 4.28. The number of hydrogen-bond acceptors (Lipinski definition) is 3. The van der Waals surface area contributed by atoms with Gasteiger partial charge in [0.05, 0.1) is 6.61 Å². The van der Waals surface area contributed by atoms with Crippen LogP contribution in [0.3, 0.4) is 0 Å². The third kappa shape index (κ3) is 8.65. The third-order valence-corrected chi connectivity index (χ3v) is 4.84. The third-order valence-electron chi connectivity index (χ3n) is 4.84. The first kappa shape index (κ1) is 21.5. The van der Waals surface area contributed by atoms with Crippen LogP contribution in [0.2, 0.25) is 0 Å². The van der Waals surface area contributed by atoms with Gasteiger partial charge in [0.2, 0.25) is 0 Å². The molecule has 1 aromatic rings. The smallest absolute Gasteiger partial charge is 0.191 e. The lowest BCUT2D eigenvalue weighted by atomic mass is 10.1. The highest BCUT2D eigenvalue weighted by Crippen LogP contribution is 2.25. The van der Waals surface area contributed by atoms with Crippen molar-refractivity contribution in [3.63, 3.8) is 0 Å². The summed E-state index contributed by atoms with van der Waals surface area (Å²) in [6.45, 7) is 6.83. The summed E-state index contributed by atoms with van der Waals surface area (Å²) in [5.74, 6) is 2.00. The lowest BCUT2D eigenvalue weighted by Gasteiger charge is -2.12. The predicted octanol–water partition coefficient (Wildman–Crippen LogP) is 3.23. The van der Waals surface area contributed by atoms with Crippen molar-refractivity contribution < 1.29 is 4.74 Å². The van der Waals surface area contributed by atoms with Crippen LogP contribution in [0.4, 0.5) is 0 Å². The molecule has 1 aliphatic rings. The van der Waals surface area contributed by atoms with Gasteiger partial charge in [-0.3, -0.25) is 4.99 Å².